The predicted molar refractivity (Wildman–Crippen MR) is 91.3 cm³/mol. The standard InChI is InChI=1S/C19H20N2O4/c1-24-14-8-3-11(9-15(14)25-2)10-20-21-18(22)16-12-4-5-13(7-6-12)17(16)19(21)23/h3-5,8-10,12-13,16-17H,6-7H2,1-2H3/b20-10-/t12-,13-,16-,17-/m0/s1. The number of imide groups is 1. The molecule has 1 aromatic rings. The van der Waals surface area contributed by atoms with Crippen molar-refractivity contribution in [3.63, 3.8) is 0 Å². The van der Waals surface area contributed by atoms with E-state index in [1.54, 1.807) is 32.4 Å². The molecular formula is C19H20N2O4. The largest absolute Gasteiger partial charge is 0.493 e. The van der Waals surface area contributed by atoms with Gasteiger partial charge in [-0.25, -0.2) is 0 Å². The Balaban J connectivity index is 1.58. The number of ether oxygens (including phenoxy) is 2. The lowest BCUT2D eigenvalue weighted by molar-refractivity contribution is -0.140. The lowest BCUT2D eigenvalue weighted by Crippen LogP contribution is -2.38. The fraction of sp³-hybridized carbons (Fsp3) is 0.421. The lowest BCUT2D eigenvalue weighted by atomic mass is 9.63. The van der Waals surface area contributed by atoms with Gasteiger partial charge in [0.05, 0.1) is 32.3 Å². The van der Waals surface area contributed by atoms with E-state index in [0.29, 0.717) is 11.5 Å². The fourth-order valence-electron chi connectivity index (χ4n) is 4.23. The molecule has 2 bridgehead atoms. The summed E-state index contributed by atoms with van der Waals surface area (Å²) in [6.45, 7) is 0. The summed E-state index contributed by atoms with van der Waals surface area (Å²) in [6, 6.07) is 5.32. The third-order valence-electron chi connectivity index (χ3n) is 5.47. The number of benzene rings is 1. The number of hydrogen-bond donors (Lipinski definition) is 0. The number of hydrazone groups is 1. The molecule has 1 saturated carbocycles. The molecule has 1 saturated heterocycles. The lowest BCUT2D eigenvalue weighted by Gasteiger charge is -2.37. The second-order valence-electron chi connectivity index (χ2n) is 6.69. The van der Waals surface area contributed by atoms with Crippen LogP contribution < -0.4 is 9.47 Å². The molecule has 0 spiro atoms. The van der Waals surface area contributed by atoms with Crippen LogP contribution in [0.4, 0.5) is 0 Å². The third kappa shape index (κ3) is 2.44. The molecule has 4 atom stereocenters. The molecule has 0 unspecified atom stereocenters. The van der Waals surface area contributed by atoms with Gasteiger partial charge in [-0.1, -0.05) is 12.2 Å². The van der Waals surface area contributed by atoms with E-state index < -0.39 is 0 Å². The molecule has 1 aromatic carbocycles. The van der Waals surface area contributed by atoms with Crippen molar-refractivity contribution in [1.82, 2.24) is 5.01 Å². The van der Waals surface area contributed by atoms with Crippen molar-refractivity contribution in [3.8, 4) is 11.5 Å². The van der Waals surface area contributed by atoms with Crippen LogP contribution in [-0.2, 0) is 9.59 Å². The summed E-state index contributed by atoms with van der Waals surface area (Å²) in [5.41, 5.74) is 0.731. The molecule has 6 heteroatoms. The molecule has 6 nitrogen and oxygen atoms in total. The van der Waals surface area contributed by atoms with E-state index in [0.717, 1.165) is 23.4 Å². The summed E-state index contributed by atoms with van der Waals surface area (Å²) in [5.74, 6) is 0.706. The zero-order chi connectivity index (χ0) is 17.6. The van der Waals surface area contributed by atoms with Gasteiger partial charge in [-0.2, -0.15) is 10.1 Å². The van der Waals surface area contributed by atoms with Crippen LogP contribution in [0, 0.1) is 23.7 Å². The molecule has 0 N–H and O–H groups in total. The van der Waals surface area contributed by atoms with Crippen LogP contribution >= 0.6 is 0 Å². The number of amides is 2. The number of nitrogens with zero attached hydrogens (tertiary/aromatic N) is 2. The van der Waals surface area contributed by atoms with Crippen LogP contribution in [-0.4, -0.2) is 37.3 Å². The summed E-state index contributed by atoms with van der Waals surface area (Å²) in [7, 11) is 3.12. The normalized spacial score (nSPS) is 30.2. The average Bonchev–Trinajstić information content (AvgIpc) is 2.93. The molecule has 3 aliphatic carbocycles. The van der Waals surface area contributed by atoms with Crippen LogP contribution in [0.2, 0.25) is 0 Å². The summed E-state index contributed by atoms with van der Waals surface area (Å²) >= 11 is 0. The minimum absolute atomic E-state index is 0.174. The number of hydrogen-bond acceptors (Lipinski definition) is 5. The highest BCUT2D eigenvalue weighted by atomic mass is 16.5. The molecule has 2 amide bonds. The predicted octanol–water partition coefficient (Wildman–Crippen LogP) is 2.23. The van der Waals surface area contributed by atoms with Gasteiger partial charge in [0, 0.05) is 0 Å². The quantitative estimate of drug-likeness (QED) is 0.479. The van der Waals surface area contributed by atoms with Crippen LogP contribution in [0.5, 0.6) is 11.5 Å². The molecule has 0 aromatic heterocycles. The second kappa shape index (κ2) is 6.02. The van der Waals surface area contributed by atoms with E-state index in [1.165, 1.54) is 6.21 Å². The van der Waals surface area contributed by atoms with E-state index in [2.05, 4.69) is 17.3 Å². The molecule has 1 aliphatic heterocycles. The average molecular weight is 340 g/mol. The van der Waals surface area contributed by atoms with E-state index in [1.807, 2.05) is 0 Å². The minimum Gasteiger partial charge on any atom is -0.493 e. The molecule has 1 heterocycles. The van der Waals surface area contributed by atoms with Crippen LogP contribution in [0.1, 0.15) is 18.4 Å². The first-order valence-electron chi connectivity index (χ1n) is 8.46. The highest BCUT2D eigenvalue weighted by molar-refractivity contribution is 6.06. The molecule has 4 aliphatic rings. The minimum atomic E-state index is -0.237. The molecule has 25 heavy (non-hydrogen) atoms. The summed E-state index contributed by atoms with van der Waals surface area (Å²) in [5, 5.41) is 5.25. The van der Waals surface area contributed by atoms with Gasteiger partial charge in [0.15, 0.2) is 11.5 Å². The zero-order valence-corrected chi connectivity index (χ0v) is 14.2. The molecule has 0 radical (unpaired) electrons. The van der Waals surface area contributed by atoms with E-state index in [9.17, 15) is 9.59 Å². The number of allylic oxidation sites excluding steroid dienone is 2. The maximum atomic E-state index is 12.7. The van der Waals surface area contributed by atoms with Gasteiger partial charge in [-0.05, 0) is 48.4 Å². The van der Waals surface area contributed by atoms with Gasteiger partial charge in [-0.3, -0.25) is 9.59 Å². The number of methoxy groups -OCH3 is 2. The van der Waals surface area contributed by atoms with Gasteiger partial charge in [0.25, 0.3) is 11.8 Å². The molecule has 5 rings (SSSR count). The number of fused-ring (bicyclic) bond motifs is 1. The monoisotopic (exact) mass is 340 g/mol. The molecule has 130 valence electrons. The SMILES string of the molecule is COc1ccc(/C=N\N2C(=O)[C@@H]3[C@@H](C2=O)[C@H]2C=C[C@H]3CC2)cc1OC. The Morgan fingerprint density at radius 2 is 1.60 bits per heavy atom. The molecule has 2 fully saturated rings. The fourth-order valence-corrected chi connectivity index (χ4v) is 4.23. The Labute approximate surface area is 146 Å². The van der Waals surface area contributed by atoms with Gasteiger partial charge in [-0.15, -0.1) is 0 Å². The first kappa shape index (κ1) is 15.9. The van der Waals surface area contributed by atoms with Gasteiger partial charge in [0.2, 0.25) is 0 Å². The Hall–Kier alpha value is -2.63. The van der Waals surface area contributed by atoms with Gasteiger partial charge >= 0.3 is 0 Å². The smallest absolute Gasteiger partial charge is 0.254 e. The van der Waals surface area contributed by atoms with E-state index in [4.69, 9.17) is 9.47 Å². The summed E-state index contributed by atoms with van der Waals surface area (Å²) in [6.07, 6.45) is 7.68. The highest BCUT2D eigenvalue weighted by Gasteiger charge is 2.56. The Kier molecular flexibility index (Phi) is 3.82. The Morgan fingerprint density at radius 3 is 2.12 bits per heavy atom. The van der Waals surface area contributed by atoms with Crippen molar-refractivity contribution in [2.24, 2.45) is 28.8 Å². The number of carbonyl (C=O) groups is 2. The maximum Gasteiger partial charge on any atom is 0.254 e. The topological polar surface area (TPSA) is 68.2 Å². The van der Waals surface area contributed by atoms with Crippen molar-refractivity contribution >= 4 is 18.0 Å². The first-order valence-corrected chi connectivity index (χ1v) is 8.46. The summed E-state index contributed by atoms with van der Waals surface area (Å²) < 4.78 is 10.5. The molecular weight excluding hydrogens is 320 g/mol. The number of carbonyl (C=O) groups excluding carboxylic acids is 2. The maximum absolute atomic E-state index is 12.7. The van der Waals surface area contributed by atoms with Crippen molar-refractivity contribution in [2.45, 2.75) is 12.8 Å². The van der Waals surface area contributed by atoms with E-state index in [-0.39, 0.29) is 35.5 Å². The Bertz CT molecular complexity index is 754. The van der Waals surface area contributed by atoms with Crippen LogP contribution in [0.3, 0.4) is 0 Å². The van der Waals surface area contributed by atoms with E-state index >= 15 is 0 Å². The third-order valence-corrected chi connectivity index (χ3v) is 5.47. The summed E-state index contributed by atoms with van der Waals surface area (Å²) in [4.78, 5) is 25.4. The first-order chi connectivity index (χ1) is 12.1. The van der Waals surface area contributed by atoms with Crippen LogP contribution in [0.15, 0.2) is 35.5 Å². The number of rotatable bonds is 4. The van der Waals surface area contributed by atoms with Gasteiger partial charge < -0.3 is 9.47 Å². The zero-order valence-electron chi connectivity index (χ0n) is 14.2. The van der Waals surface area contributed by atoms with Crippen LogP contribution in [0.25, 0.3) is 0 Å². The van der Waals surface area contributed by atoms with Crippen molar-refractivity contribution < 1.29 is 19.1 Å². The van der Waals surface area contributed by atoms with Crippen molar-refractivity contribution in [1.29, 1.82) is 0 Å². The second-order valence-corrected chi connectivity index (χ2v) is 6.69. The Morgan fingerprint density at radius 1 is 1.00 bits per heavy atom. The van der Waals surface area contributed by atoms with Crippen molar-refractivity contribution in [2.75, 3.05) is 14.2 Å². The highest BCUT2D eigenvalue weighted by Crippen LogP contribution is 2.49. The van der Waals surface area contributed by atoms with Crippen molar-refractivity contribution in [3.05, 3.63) is 35.9 Å². The van der Waals surface area contributed by atoms with Gasteiger partial charge in [0.1, 0.15) is 0 Å².